The predicted molar refractivity (Wildman–Crippen MR) is 138 cm³/mol. The number of rotatable bonds is 8. The average molecular weight is 431 g/mol. The summed E-state index contributed by atoms with van der Waals surface area (Å²) >= 11 is 0. The first-order valence-electron chi connectivity index (χ1n) is 14.5. The maximum atomic E-state index is 2.49. The van der Waals surface area contributed by atoms with Crippen molar-refractivity contribution < 1.29 is 0 Å². The standard InChI is InChI=1S/C31H58/c1-8-26-13-14-28(29(26)22-23-11-9-10-12-23)27-20-24(15-17-30(2,3)4)19-25(21-27)16-18-31(5,6)7/h23-29H,8-22H2,1-7H3. The van der Waals surface area contributed by atoms with Crippen molar-refractivity contribution in [3.8, 4) is 0 Å². The van der Waals surface area contributed by atoms with Gasteiger partial charge in [-0.25, -0.2) is 0 Å². The van der Waals surface area contributed by atoms with Crippen LogP contribution >= 0.6 is 0 Å². The van der Waals surface area contributed by atoms with Gasteiger partial charge in [-0.1, -0.05) is 80.6 Å². The molecule has 0 aromatic heterocycles. The Bertz CT molecular complexity index is 485. The fourth-order valence-electron chi connectivity index (χ4n) is 7.99. The van der Waals surface area contributed by atoms with Crippen LogP contribution in [0, 0.1) is 52.3 Å². The summed E-state index contributed by atoms with van der Waals surface area (Å²) < 4.78 is 0. The Morgan fingerprint density at radius 3 is 1.68 bits per heavy atom. The van der Waals surface area contributed by atoms with E-state index in [0.29, 0.717) is 10.8 Å². The van der Waals surface area contributed by atoms with Gasteiger partial charge in [0.05, 0.1) is 0 Å². The van der Waals surface area contributed by atoms with Crippen LogP contribution in [-0.4, -0.2) is 0 Å². The highest BCUT2D eigenvalue weighted by Gasteiger charge is 2.43. The van der Waals surface area contributed by atoms with Crippen LogP contribution in [0.5, 0.6) is 0 Å². The van der Waals surface area contributed by atoms with E-state index in [0.717, 1.165) is 41.4 Å². The molecular weight excluding hydrogens is 372 g/mol. The van der Waals surface area contributed by atoms with Gasteiger partial charge in [0.2, 0.25) is 0 Å². The molecule has 3 rings (SSSR count). The van der Waals surface area contributed by atoms with Gasteiger partial charge in [-0.3, -0.25) is 0 Å². The van der Waals surface area contributed by atoms with Crippen molar-refractivity contribution in [1.29, 1.82) is 0 Å². The van der Waals surface area contributed by atoms with Crippen LogP contribution in [0.15, 0.2) is 0 Å². The third-order valence-electron chi connectivity index (χ3n) is 9.78. The van der Waals surface area contributed by atoms with Crippen LogP contribution in [-0.2, 0) is 0 Å². The molecule has 0 heteroatoms. The normalized spacial score (nSPS) is 35.7. The smallest absolute Gasteiger partial charge is 0.0352 e. The molecule has 0 aromatic carbocycles. The maximum absolute atomic E-state index is 2.49. The minimum absolute atomic E-state index is 0.500. The second kappa shape index (κ2) is 11.0. The van der Waals surface area contributed by atoms with Gasteiger partial charge in [-0.15, -0.1) is 0 Å². The molecule has 0 amide bonds. The largest absolute Gasteiger partial charge is 0.0651 e. The summed E-state index contributed by atoms with van der Waals surface area (Å²) in [5, 5.41) is 0. The first kappa shape index (κ1) is 25.6. The van der Waals surface area contributed by atoms with Crippen LogP contribution in [0.4, 0.5) is 0 Å². The number of hydrogen-bond donors (Lipinski definition) is 0. The van der Waals surface area contributed by atoms with Crippen molar-refractivity contribution >= 4 is 0 Å². The van der Waals surface area contributed by atoms with Gasteiger partial charge in [0.25, 0.3) is 0 Å². The predicted octanol–water partition coefficient (Wildman–Crippen LogP) is 10.3. The lowest BCUT2D eigenvalue weighted by molar-refractivity contribution is 0.0846. The second-order valence-corrected chi connectivity index (χ2v) is 14.9. The molecule has 5 unspecified atom stereocenters. The summed E-state index contributed by atoms with van der Waals surface area (Å²) in [7, 11) is 0. The monoisotopic (exact) mass is 430 g/mol. The van der Waals surface area contributed by atoms with Crippen LogP contribution in [0.3, 0.4) is 0 Å². The first-order chi connectivity index (χ1) is 14.5. The summed E-state index contributed by atoms with van der Waals surface area (Å²) in [6.45, 7) is 17.2. The van der Waals surface area contributed by atoms with Crippen molar-refractivity contribution in [2.75, 3.05) is 0 Å². The zero-order valence-corrected chi connectivity index (χ0v) is 22.6. The number of hydrogen-bond acceptors (Lipinski definition) is 0. The molecule has 31 heavy (non-hydrogen) atoms. The summed E-state index contributed by atoms with van der Waals surface area (Å²) in [6.07, 6.45) is 22.8. The molecule has 3 saturated carbocycles. The molecule has 0 aliphatic heterocycles. The van der Waals surface area contributed by atoms with Crippen LogP contribution in [0.25, 0.3) is 0 Å². The van der Waals surface area contributed by atoms with Gasteiger partial charge in [-0.2, -0.15) is 0 Å². The molecule has 0 N–H and O–H groups in total. The van der Waals surface area contributed by atoms with Crippen molar-refractivity contribution in [2.45, 2.75) is 145 Å². The molecule has 182 valence electrons. The van der Waals surface area contributed by atoms with E-state index in [9.17, 15) is 0 Å². The van der Waals surface area contributed by atoms with E-state index in [2.05, 4.69) is 48.5 Å². The van der Waals surface area contributed by atoms with Crippen LogP contribution in [0.2, 0.25) is 0 Å². The maximum Gasteiger partial charge on any atom is -0.0352 e. The van der Waals surface area contributed by atoms with Crippen LogP contribution < -0.4 is 0 Å². The van der Waals surface area contributed by atoms with E-state index >= 15 is 0 Å². The molecule has 3 aliphatic carbocycles. The lowest BCUT2D eigenvalue weighted by Crippen LogP contribution is -2.32. The van der Waals surface area contributed by atoms with Crippen molar-refractivity contribution in [3.63, 3.8) is 0 Å². The highest BCUT2D eigenvalue weighted by atomic mass is 14.5. The molecule has 0 heterocycles. The van der Waals surface area contributed by atoms with Gasteiger partial charge in [-0.05, 0) is 116 Å². The highest BCUT2D eigenvalue weighted by molar-refractivity contribution is 4.93. The van der Waals surface area contributed by atoms with E-state index in [1.165, 1.54) is 44.9 Å². The molecular formula is C31H58. The Hall–Kier alpha value is 0. The van der Waals surface area contributed by atoms with Gasteiger partial charge in [0, 0.05) is 0 Å². The highest BCUT2D eigenvalue weighted by Crippen LogP contribution is 2.53. The minimum atomic E-state index is 0.500. The molecule has 5 atom stereocenters. The Kier molecular flexibility index (Phi) is 9.05. The van der Waals surface area contributed by atoms with E-state index in [4.69, 9.17) is 0 Å². The Labute approximate surface area is 197 Å². The third kappa shape index (κ3) is 8.07. The minimum Gasteiger partial charge on any atom is -0.0651 e. The van der Waals surface area contributed by atoms with Gasteiger partial charge in [0.15, 0.2) is 0 Å². The molecule has 3 aliphatic rings. The van der Waals surface area contributed by atoms with Gasteiger partial charge < -0.3 is 0 Å². The molecule has 0 spiro atoms. The van der Waals surface area contributed by atoms with Crippen LogP contribution in [0.1, 0.15) is 145 Å². The van der Waals surface area contributed by atoms with E-state index in [-0.39, 0.29) is 0 Å². The lowest BCUT2D eigenvalue weighted by Gasteiger charge is -2.42. The third-order valence-corrected chi connectivity index (χ3v) is 9.78. The van der Waals surface area contributed by atoms with Crippen molar-refractivity contribution in [2.24, 2.45) is 52.3 Å². The SMILES string of the molecule is CCC1CCC(C2CC(CCC(C)(C)C)CC(CCC(C)(C)C)C2)C1CC1CCCC1. The van der Waals surface area contributed by atoms with E-state index in [1.807, 2.05) is 0 Å². The van der Waals surface area contributed by atoms with E-state index in [1.54, 1.807) is 51.4 Å². The summed E-state index contributed by atoms with van der Waals surface area (Å²) in [5.41, 5.74) is 0.999. The quantitative estimate of drug-likeness (QED) is 0.359. The molecule has 0 aromatic rings. The summed E-state index contributed by atoms with van der Waals surface area (Å²) in [5.74, 6) is 7.34. The fraction of sp³-hybridized carbons (Fsp3) is 1.00. The molecule has 0 nitrogen and oxygen atoms in total. The average Bonchev–Trinajstić information content (AvgIpc) is 3.33. The summed E-state index contributed by atoms with van der Waals surface area (Å²) in [6, 6.07) is 0. The Morgan fingerprint density at radius 2 is 1.19 bits per heavy atom. The van der Waals surface area contributed by atoms with Gasteiger partial charge >= 0.3 is 0 Å². The fourth-order valence-corrected chi connectivity index (χ4v) is 7.99. The Balaban J connectivity index is 1.68. The van der Waals surface area contributed by atoms with Gasteiger partial charge in [0.1, 0.15) is 0 Å². The van der Waals surface area contributed by atoms with Crippen molar-refractivity contribution in [1.82, 2.24) is 0 Å². The summed E-state index contributed by atoms with van der Waals surface area (Å²) in [4.78, 5) is 0. The first-order valence-corrected chi connectivity index (χ1v) is 14.5. The topological polar surface area (TPSA) is 0 Å². The van der Waals surface area contributed by atoms with Crippen molar-refractivity contribution in [3.05, 3.63) is 0 Å². The zero-order valence-electron chi connectivity index (χ0n) is 22.6. The molecule has 3 fully saturated rings. The second-order valence-electron chi connectivity index (χ2n) is 14.9. The zero-order chi connectivity index (χ0) is 22.6. The Morgan fingerprint density at radius 1 is 0.645 bits per heavy atom. The molecule has 0 saturated heterocycles. The van der Waals surface area contributed by atoms with E-state index < -0.39 is 0 Å². The molecule has 0 radical (unpaired) electrons. The lowest BCUT2D eigenvalue weighted by atomic mass is 9.63. The molecule has 0 bridgehead atoms.